The van der Waals surface area contributed by atoms with Crippen molar-refractivity contribution in [2.45, 2.75) is 27.2 Å². The van der Waals surface area contributed by atoms with Gasteiger partial charge >= 0.3 is 0 Å². The van der Waals surface area contributed by atoms with Crippen molar-refractivity contribution in [2.24, 2.45) is 0 Å². The largest absolute Gasteiger partial charge is 0.375 e. The number of hydrogen-bond donors (Lipinski definition) is 0. The molecule has 0 aliphatic heterocycles. The van der Waals surface area contributed by atoms with Crippen LogP contribution >= 0.6 is 0 Å². The molecule has 1 aliphatic rings. The average molecular weight is 205 g/mol. The van der Waals surface area contributed by atoms with E-state index in [0.717, 1.165) is 25.1 Å². The van der Waals surface area contributed by atoms with Gasteiger partial charge in [0.2, 0.25) is 0 Å². The van der Waals surface area contributed by atoms with E-state index in [-0.39, 0.29) is 5.78 Å². The lowest BCUT2D eigenvalue weighted by atomic mass is 10.1. The zero-order valence-electron chi connectivity index (χ0n) is 9.79. The molecule has 2 heteroatoms. The highest BCUT2D eigenvalue weighted by Crippen LogP contribution is 2.15. The molecular formula is C13H19NO. The molecule has 82 valence electrons. The van der Waals surface area contributed by atoms with Gasteiger partial charge in [-0.1, -0.05) is 18.2 Å². The minimum Gasteiger partial charge on any atom is -0.375 e. The number of hydrogen-bond acceptors (Lipinski definition) is 2. The van der Waals surface area contributed by atoms with E-state index < -0.39 is 0 Å². The Kier molecular flexibility index (Phi) is 4.35. The predicted octanol–water partition coefficient (Wildman–Crippen LogP) is 2.69. The SMILES string of the molecule is CCN(CC)C1=CC=CC(C(C)=O)=CC1. The fourth-order valence-electron chi connectivity index (χ4n) is 1.74. The van der Waals surface area contributed by atoms with Crippen LogP contribution in [-0.4, -0.2) is 23.8 Å². The summed E-state index contributed by atoms with van der Waals surface area (Å²) in [6.45, 7) is 7.93. The lowest BCUT2D eigenvalue weighted by Gasteiger charge is -2.23. The highest BCUT2D eigenvalue weighted by Gasteiger charge is 2.07. The van der Waals surface area contributed by atoms with Crippen LogP contribution < -0.4 is 0 Å². The molecule has 15 heavy (non-hydrogen) atoms. The second kappa shape index (κ2) is 5.54. The van der Waals surface area contributed by atoms with Crippen LogP contribution in [0.25, 0.3) is 0 Å². The fraction of sp³-hybridized carbons (Fsp3) is 0.462. The average Bonchev–Trinajstić information content (AvgIpc) is 2.45. The first-order chi connectivity index (χ1) is 7.19. The van der Waals surface area contributed by atoms with E-state index in [9.17, 15) is 4.79 Å². The van der Waals surface area contributed by atoms with E-state index in [1.165, 1.54) is 5.70 Å². The highest BCUT2D eigenvalue weighted by molar-refractivity contribution is 5.96. The minimum atomic E-state index is 0.139. The van der Waals surface area contributed by atoms with E-state index in [1.54, 1.807) is 6.92 Å². The molecule has 0 unspecified atom stereocenters. The quantitative estimate of drug-likeness (QED) is 0.703. The molecule has 0 spiro atoms. The van der Waals surface area contributed by atoms with E-state index >= 15 is 0 Å². The van der Waals surface area contributed by atoms with Crippen LogP contribution in [0.15, 0.2) is 35.6 Å². The molecule has 0 radical (unpaired) electrons. The lowest BCUT2D eigenvalue weighted by Crippen LogP contribution is -2.21. The number of carbonyl (C=O) groups excluding carboxylic acids is 1. The number of ketones is 1. The predicted molar refractivity (Wildman–Crippen MR) is 63.5 cm³/mol. The maximum Gasteiger partial charge on any atom is 0.159 e. The summed E-state index contributed by atoms with van der Waals surface area (Å²) in [5.41, 5.74) is 2.10. The van der Waals surface area contributed by atoms with E-state index in [1.807, 2.05) is 18.2 Å². The Morgan fingerprint density at radius 3 is 2.60 bits per heavy atom. The van der Waals surface area contributed by atoms with Crippen molar-refractivity contribution in [3.8, 4) is 0 Å². The molecule has 0 heterocycles. The molecular weight excluding hydrogens is 186 g/mol. The molecule has 0 aromatic rings. The van der Waals surface area contributed by atoms with Crippen molar-refractivity contribution in [1.82, 2.24) is 4.90 Å². The van der Waals surface area contributed by atoms with Crippen LogP contribution in [0, 0.1) is 0 Å². The molecule has 0 N–H and O–H groups in total. The maximum absolute atomic E-state index is 11.2. The molecule has 0 bridgehead atoms. The second-order valence-corrected chi connectivity index (χ2v) is 3.61. The summed E-state index contributed by atoms with van der Waals surface area (Å²) in [7, 11) is 0. The first-order valence-corrected chi connectivity index (χ1v) is 5.52. The van der Waals surface area contributed by atoms with E-state index in [0.29, 0.717) is 0 Å². The zero-order valence-corrected chi connectivity index (χ0v) is 9.79. The Morgan fingerprint density at radius 1 is 1.40 bits per heavy atom. The van der Waals surface area contributed by atoms with Crippen LogP contribution in [-0.2, 0) is 4.79 Å². The molecule has 1 rings (SSSR count). The Labute approximate surface area is 92.0 Å². The van der Waals surface area contributed by atoms with Gasteiger partial charge in [0.15, 0.2) is 5.78 Å². The van der Waals surface area contributed by atoms with Crippen molar-refractivity contribution < 1.29 is 4.79 Å². The summed E-state index contributed by atoms with van der Waals surface area (Å²) in [5.74, 6) is 0.139. The first kappa shape index (κ1) is 11.8. The van der Waals surface area contributed by atoms with Gasteiger partial charge in [0.05, 0.1) is 0 Å². The Hall–Kier alpha value is -1.31. The smallest absolute Gasteiger partial charge is 0.159 e. The summed E-state index contributed by atoms with van der Waals surface area (Å²) in [6, 6.07) is 0. The first-order valence-electron chi connectivity index (χ1n) is 5.52. The lowest BCUT2D eigenvalue weighted by molar-refractivity contribution is -0.113. The van der Waals surface area contributed by atoms with Crippen LogP contribution in [0.4, 0.5) is 0 Å². The van der Waals surface area contributed by atoms with Crippen molar-refractivity contribution >= 4 is 5.78 Å². The number of carbonyl (C=O) groups is 1. The molecule has 2 nitrogen and oxygen atoms in total. The summed E-state index contributed by atoms with van der Waals surface area (Å²) in [5, 5.41) is 0. The number of rotatable bonds is 4. The Morgan fingerprint density at radius 2 is 2.07 bits per heavy atom. The van der Waals surface area contributed by atoms with Crippen molar-refractivity contribution in [1.29, 1.82) is 0 Å². The summed E-state index contributed by atoms with van der Waals surface area (Å²) >= 11 is 0. The van der Waals surface area contributed by atoms with Gasteiger partial charge in [-0.15, -0.1) is 0 Å². The summed E-state index contributed by atoms with van der Waals surface area (Å²) in [6.07, 6.45) is 8.81. The van der Waals surface area contributed by atoms with Crippen molar-refractivity contribution in [3.05, 3.63) is 35.6 Å². The third kappa shape index (κ3) is 3.08. The number of allylic oxidation sites excluding steroid dienone is 5. The molecule has 0 saturated heterocycles. The molecule has 0 amide bonds. The highest BCUT2D eigenvalue weighted by atomic mass is 16.1. The van der Waals surface area contributed by atoms with Gasteiger partial charge in [0.25, 0.3) is 0 Å². The number of Topliss-reactive ketones (excluding diaryl/α,β-unsaturated/α-hetero) is 1. The summed E-state index contributed by atoms with van der Waals surface area (Å²) < 4.78 is 0. The summed E-state index contributed by atoms with van der Waals surface area (Å²) in [4.78, 5) is 13.5. The van der Waals surface area contributed by atoms with Gasteiger partial charge in [-0.25, -0.2) is 0 Å². The van der Waals surface area contributed by atoms with Crippen molar-refractivity contribution in [2.75, 3.05) is 13.1 Å². The number of nitrogens with zero attached hydrogens (tertiary/aromatic N) is 1. The van der Waals surface area contributed by atoms with Gasteiger partial charge in [0, 0.05) is 30.8 Å². The molecule has 0 atom stereocenters. The third-order valence-electron chi connectivity index (χ3n) is 2.67. The zero-order chi connectivity index (χ0) is 11.3. The topological polar surface area (TPSA) is 20.3 Å². The minimum absolute atomic E-state index is 0.139. The Balaban J connectivity index is 2.78. The molecule has 0 aromatic carbocycles. The molecule has 0 saturated carbocycles. The van der Waals surface area contributed by atoms with Gasteiger partial charge in [-0.3, -0.25) is 4.79 Å². The fourth-order valence-corrected chi connectivity index (χ4v) is 1.74. The van der Waals surface area contributed by atoms with E-state index in [2.05, 4.69) is 24.8 Å². The molecule has 0 fully saturated rings. The maximum atomic E-state index is 11.2. The second-order valence-electron chi connectivity index (χ2n) is 3.61. The third-order valence-corrected chi connectivity index (χ3v) is 2.67. The van der Waals surface area contributed by atoms with Crippen molar-refractivity contribution in [3.63, 3.8) is 0 Å². The van der Waals surface area contributed by atoms with Crippen LogP contribution in [0.5, 0.6) is 0 Å². The monoisotopic (exact) mass is 205 g/mol. The van der Waals surface area contributed by atoms with Crippen LogP contribution in [0.1, 0.15) is 27.2 Å². The van der Waals surface area contributed by atoms with Gasteiger partial charge in [-0.05, 0) is 26.8 Å². The molecule has 0 aromatic heterocycles. The standard InChI is InChI=1S/C13H19NO/c1-4-14(5-2)13-8-6-7-12(9-10-13)11(3)15/h6-9H,4-5,10H2,1-3H3. The van der Waals surface area contributed by atoms with Gasteiger partial charge in [-0.2, -0.15) is 0 Å². The normalized spacial score (nSPS) is 15.4. The van der Waals surface area contributed by atoms with E-state index in [4.69, 9.17) is 0 Å². The van der Waals surface area contributed by atoms with Crippen LogP contribution in [0.3, 0.4) is 0 Å². The van der Waals surface area contributed by atoms with Gasteiger partial charge in [0.1, 0.15) is 0 Å². The molecule has 1 aliphatic carbocycles. The Bertz CT molecular complexity index is 319. The van der Waals surface area contributed by atoms with Gasteiger partial charge < -0.3 is 4.90 Å². The van der Waals surface area contributed by atoms with Crippen LogP contribution in [0.2, 0.25) is 0 Å².